The van der Waals surface area contributed by atoms with Gasteiger partial charge in [0, 0.05) is 19.2 Å². The van der Waals surface area contributed by atoms with Crippen LogP contribution < -0.4 is 10.1 Å². The zero-order valence-corrected chi connectivity index (χ0v) is 11.7. The number of rotatable bonds is 3. The van der Waals surface area contributed by atoms with Gasteiger partial charge in [0.15, 0.2) is 0 Å². The van der Waals surface area contributed by atoms with Gasteiger partial charge in [-0.2, -0.15) is 0 Å². The number of nitrogens with zero attached hydrogens (tertiary/aromatic N) is 2. The van der Waals surface area contributed by atoms with E-state index in [9.17, 15) is 19.7 Å². The van der Waals surface area contributed by atoms with Gasteiger partial charge in [-0.05, 0) is 13.0 Å². The third-order valence-corrected chi connectivity index (χ3v) is 3.39. The van der Waals surface area contributed by atoms with Gasteiger partial charge in [0.1, 0.15) is 11.8 Å². The summed E-state index contributed by atoms with van der Waals surface area (Å²) >= 11 is 0. The highest BCUT2D eigenvalue weighted by Crippen LogP contribution is 2.26. The lowest BCUT2D eigenvalue weighted by Gasteiger charge is -2.33. The predicted molar refractivity (Wildman–Crippen MR) is 73.2 cm³/mol. The van der Waals surface area contributed by atoms with Crippen LogP contribution in [0.25, 0.3) is 0 Å². The van der Waals surface area contributed by atoms with Crippen LogP contribution in [0.4, 0.5) is 5.69 Å². The van der Waals surface area contributed by atoms with Gasteiger partial charge in [0.2, 0.25) is 5.91 Å². The molecule has 21 heavy (non-hydrogen) atoms. The van der Waals surface area contributed by atoms with Crippen LogP contribution in [-0.4, -0.2) is 47.9 Å². The van der Waals surface area contributed by atoms with E-state index in [-0.39, 0.29) is 28.8 Å². The van der Waals surface area contributed by atoms with Gasteiger partial charge in [-0.3, -0.25) is 19.7 Å². The Morgan fingerprint density at radius 2 is 2.24 bits per heavy atom. The Hall–Kier alpha value is -2.64. The molecule has 1 aliphatic heterocycles. The number of hydrogen-bond donors (Lipinski definition) is 1. The van der Waals surface area contributed by atoms with Gasteiger partial charge in [0.25, 0.3) is 11.6 Å². The highest BCUT2D eigenvalue weighted by atomic mass is 16.6. The van der Waals surface area contributed by atoms with Crippen molar-refractivity contribution in [1.82, 2.24) is 10.2 Å². The molecule has 0 bridgehead atoms. The molecule has 8 nitrogen and oxygen atoms in total. The highest BCUT2D eigenvalue weighted by molar-refractivity contribution is 6.00. The number of hydrogen-bond acceptors (Lipinski definition) is 5. The number of nitrogens with one attached hydrogen (secondary N) is 1. The molecule has 8 heteroatoms. The molecule has 112 valence electrons. The second-order valence-electron chi connectivity index (χ2n) is 4.61. The molecule has 1 saturated heterocycles. The Kier molecular flexibility index (Phi) is 4.06. The Labute approximate surface area is 120 Å². The van der Waals surface area contributed by atoms with E-state index in [1.54, 1.807) is 6.92 Å². The summed E-state index contributed by atoms with van der Waals surface area (Å²) in [5, 5.41) is 13.4. The molecule has 2 amide bonds. The number of nitro benzene ring substituents is 1. The van der Waals surface area contributed by atoms with Crippen LogP contribution in [0.3, 0.4) is 0 Å². The molecule has 1 atom stereocenters. The third kappa shape index (κ3) is 2.78. The van der Waals surface area contributed by atoms with Gasteiger partial charge in [-0.15, -0.1) is 0 Å². The van der Waals surface area contributed by atoms with Crippen LogP contribution in [0.5, 0.6) is 5.75 Å². The average molecular weight is 293 g/mol. The second-order valence-corrected chi connectivity index (χ2v) is 4.61. The van der Waals surface area contributed by atoms with Crippen molar-refractivity contribution in [3.05, 3.63) is 33.9 Å². The number of piperazine rings is 1. The van der Waals surface area contributed by atoms with Crippen LogP contribution in [0, 0.1) is 10.1 Å². The summed E-state index contributed by atoms with van der Waals surface area (Å²) in [6, 6.07) is 3.19. The average Bonchev–Trinajstić information content (AvgIpc) is 2.48. The SMILES string of the molecule is COc1cc([N+](=O)[O-])ccc1C(=O)N1CCNC(=O)C1C. The van der Waals surface area contributed by atoms with Crippen LogP contribution in [0.2, 0.25) is 0 Å². The molecule has 1 aliphatic rings. The van der Waals surface area contributed by atoms with Crippen molar-refractivity contribution in [3.8, 4) is 5.75 Å². The molecule has 1 unspecified atom stereocenters. The fourth-order valence-corrected chi connectivity index (χ4v) is 2.18. The van der Waals surface area contributed by atoms with Crippen LogP contribution >= 0.6 is 0 Å². The number of carbonyl (C=O) groups excluding carboxylic acids is 2. The molecule has 0 spiro atoms. The maximum atomic E-state index is 12.5. The molecule has 0 radical (unpaired) electrons. The quantitative estimate of drug-likeness (QED) is 0.648. The molecule has 0 aliphatic carbocycles. The summed E-state index contributed by atoms with van der Waals surface area (Å²) < 4.78 is 5.06. The van der Waals surface area contributed by atoms with Crippen molar-refractivity contribution >= 4 is 17.5 Å². The van der Waals surface area contributed by atoms with Gasteiger partial charge in [-0.25, -0.2) is 0 Å². The standard InChI is InChI=1S/C13H15N3O5/c1-8-12(17)14-5-6-15(8)13(18)10-4-3-9(16(19)20)7-11(10)21-2/h3-4,7-8H,5-6H2,1-2H3,(H,14,17). The summed E-state index contributed by atoms with van der Waals surface area (Å²) in [6.07, 6.45) is 0. The summed E-state index contributed by atoms with van der Waals surface area (Å²) in [7, 11) is 1.34. The first-order chi connectivity index (χ1) is 9.95. The van der Waals surface area contributed by atoms with Gasteiger partial charge < -0.3 is 15.0 Å². The minimum absolute atomic E-state index is 0.118. The van der Waals surface area contributed by atoms with Crippen LogP contribution in [-0.2, 0) is 4.79 Å². The predicted octanol–water partition coefficient (Wildman–Crippen LogP) is 0.564. The van der Waals surface area contributed by atoms with E-state index in [2.05, 4.69) is 5.32 Å². The number of benzene rings is 1. The van der Waals surface area contributed by atoms with Crippen molar-refractivity contribution in [2.24, 2.45) is 0 Å². The lowest BCUT2D eigenvalue weighted by Crippen LogP contribution is -2.55. The van der Waals surface area contributed by atoms with Crippen molar-refractivity contribution < 1.29 is 19.2 Å². The fourth-order valence-electron chi connectivity index (χ4n) is 2.18. The fraction of sp³-hybridized carbons (Fsp3) is 0.385. The Morgan fingerprint density at radius 3 is 2.86 bits per heavy atom. The normalized spacial score (nSPS) is 18.1. The van der Waals surface area contributed by atoms with Gasteiger partial charge >= 0.3 is 0 Å². The molecule has 2 rings (SSSR count). The summed E-state index contributed by atoms with van der Waals surface area (Å²) in [4.78, 5) is 35.7. The van der Waals surface area contributed by atoms with Gasteiger partial charge in [0.05, 0.1) is 23.7 Å². The molecule has 1 heterocycles. The van der Waals surface area contributed by atoms with E-state index in [0.717, 1.165) is 0 Å². The van der Waals surface area contributed by atoms with E-state index in [0.29, 0.717) is 13.1 Å². The molecule has 0 saturated carbocycles. The maximum Gasteiger partial charge on any atom is 0.273 e. The first-order valence-corrected chi connectivity index (χ1v) is 6.37. The second kappa shape index (κ2) is 5.78. The summed E-state index contributed by atoms with van der Waals surface area (Å²) in [6.45, 7) is 2.39. The monoisotopic (exact) mass is 293 g/mol. The van der Waals surface area contributed by atoms with Gasteiger partial charge in [-0.1, -0.05) is 0 Å². The first-order valence-electron chi connectivity index (χ1n) is 6.37. The zero-order chi connectivity index (χ0) is 15.6. The Balaban J connectivity index is 2.34. The van der Waals surface area contributed by atoms with E-state index in [4.69, 9.17) is 4.74 Å². The van der Waals surface area contributed by atoms with Crippen LogP contribution in [0.1, 0.15) is 17.3 Å². The molecule has 0 aromatic heterocycles. The molecule has 1 aromatic carbocycles. The van der Waals surface area contributed by atoms with Crippen molar-refractivity contribution in [3.63, 3.8) is 0 Å². The maximum absolute atomic E-state index is 12.5. The number of ether oxygens (including phenoxy) is 1. The minimum atomic E-state index is -0.592. The number of amides is 2. The summed E-state index contributed by atoms with van der Waals surface area (Å²) in [5.41, 5.74) is 0.0393. The number of carbonyl (C=O) groups is 2. The van der Waals surface area contributed by atoms with Crippen molar-refractivity contribution in [1.29, 1.82) is 0 Å². The van der Waals surface area contributed by atoms with E-state index >= 15 is 0 Å². The Morgan fingerprint density at radius 1 is 1.52 bits per heavy atom. The first kappa shape index (κ1) is 14.8. The third-order valence-electron chi connectivity index (χ3n) is 3.39. The number of non-ortho nitro benzene ring substituents is 1. The lowest BCUT2D eigenvalue weighted by atomic mass is 10.1. The van der Waals surface area contributed by atoms with Crippen LogP contribution in [0.15, 0.2) is 18.2 Å². The van der Waals surface area contributed by atoms with E-state index < -0.39 is 11.0 Å². The van der Waals surface area contributed by atoms with Crippen molar-refractivity contribution in [2.45, 2.75) is 13.0 Å². The molecular formula is C13H15N3O5. The highest BCUT2D eigenvalue weighted by Gasteiger charge is 2.31. The minimum Gasteiger partial charge on any atom is -0.496 e. The molecule has 1 aromatic rings. The largest absolute Gasteiger partial charge is 0.496 e. The molecule has 1 N–H and O–H groups in total. The zero-order valence-electron chi connectivity index (χ0n) is 11.7. The topological polar surface area (TPSA) is 102 Å². The molecular weight excluding hydrogens is 278 g/mol. The summed E-state index contributed by atoms with van der Waals surface area (Å²) in [5.74, 6) is -0.494. The smallest absolute Gasteiger partial charge is 0.273 e. The number of nitro groups is 1. The molecule has 1 fully saturated rings. The van der Waals surface area contributed by atoms with E-state index in [1.165, 1.54) is 30.2 Å². The lowest BCUT2D eigenvalue weighted by molar-refractivity contribution is -0.384. The Bertz CT molecular complexity index is 601. The van der Waals surface area contributed by atoms with Crippen molar-refractivity contribution in [2.75, 3.05) is 20.2 Å². The van der Waals surface area contributed by atoms with E-state index in [1.807, 2.05) is 0 Å². The number of methoxy groups -OCH3 is 1.